The molecule has 2 atom stereocenters. The summed E-state index contributed by atoms with van der Waals surface area (Å²) in [5.41, 5.74) is 2.26. The maximum absolute atomic E-state index is 9.51. The molecule has 0 aromatic carbocycles. The van der Waals surface area contributed by atoms with E-state index in [-0.39, 0.29) is 0 Å². The van der Waals surface area contributed by atoms with Gasteiger partial charge in [0.25, 0.3) is 0 Å². The Morgan fingerprint density at radius 1 is 1.29 bits per heavy atom. The van der Waals surface area contributed by atoms with Crippen molar-refractivity contribution in [2.75, 3.05) is 13.1 Å². The summed E-state index contributed by atoms with van der Waals surface area (Å²) in [6.45, 7) is 6.84. The number of aryl methyl sites for hydroxylation is 2. The molecule has 17 heavy (non-hydrogen) atoms. The molecule has 0 saturated carbocycles. The van der Waals surface area contributed by atoms with Gasteiger partial charge in [0.15, 0.2) is 0 Å². The van der Waals surface area contributed by atoms with Gasteiger partial charge in [-0.25, -0.2) is 0 Å². The van der Waals surface area contributed by atoms with Crippen molar-refractivity contribution in [3.05, 3.63) is 17.5 Å². The highest BCUT2D eigenvalue weighted by atomic mass is 16.3. The van der Waals surface area contributed by atoms with Crippen molar-refractivity contribution in [1.29, 1.82) is 0 Å². The zero-order valence-corrected chi connectivity index (χ0v) is 10.5. The average molecular weight is 239 g/mol. The summed E-state index contributed by atoms with van der Waals surface area (Å²) in [6.07, 6.45) is -0.289. The van der Waals surface area contributed by atoms with E-state index in [2.05, 4.69) is 29.9 Å². The lowest BCUT2D eigenvalue weighted by Gasteiger charge is -2.15. The van der Waals surface area contributed by atoms with Gasteiger partial charge < -0.3 is 10.2 Å². The molecule has 5 nitrogen and oxygen atoms in total. The van der Waals surface area contributed by atoms with Crippen molar-refractivity contribution < 1.29 is 10.2 Å². The number of aliphatic hydroxyl groups is 2. The van der Waals surface area contributed by atoms with Crippen LogP contribution in [0.3, 0.4) is 0 Å². The normalized spacial score (nSPS) is 25.6. The number of rotatable bonds is 4. The fourth-order valence-corrected chi connectivity index (χ4v) is 2.29. The van der Waals surface area contributed by atoms with Gasteiger partial charge in [0.1, 0.15) is 0 Å². The lowest BCUT2D eigenvalue weighted by atomic mass is 10.3. The molecule has 5 heteroatoms. The van der Waals surface area contributed by atoms with Crippen LogP contribution in [0.2, 0.25) is 0 Å². The van der Waals surface area contributed by atoms with E-state index in [0.29, 0.717) is 13.1 Å². The first kappa shape index (κ1) is 12.5. The Morgan fingerprint density at radius 2 is 1.94 bits per heavy atom. The maximum atomic E-state index is 9.51. The van der Waals surface area contributed by atoms with E-state index >= 15 is 0 Å². The fourth-order valence-electron chi connectivity index (χ4n) is 2.29. The van der Waals surface area contributed by atoms with Crippen LogP contribution in [0.1, 0.15) is 25.2 Å². The molecule has 0 unspecified atom stereocenters. The van der Waals surface area contributed by atoms with Crippen molar-refractivity contribution in [2.45, 2.75) is 45.6 Å². The van der Waals surface area contributed by atoms with Crippen molar-refractivity contribution in [1.82, 2.24) is 14.7 Å². The third-order valence-corrected chi connectivity index (χ3v) is 3.30. The molecular weight excluding hydrogens is 218 g/mol. The highest BCUT2D eigenvalue weighted by Gasteiger charge is 2.29. The summed E-state index contributed by atoms with van der Waals surface area (Å²) in [7, 11) is 0. The SMILES string of the molecule is CCc1cc(CN2C[C@@H](O)[C@@H](O)C2)n(CC)n1. The first-order valence-corrected chi connectivity index (χ1v) is 6.28. The Morgan fingerprint density at radius 3 is 2.47 bits per heavy atom. The molecule has 1 aromatic rings. The molecule has 0 bridgehead atoms. The summed E-state index contributed by atoms with van der Waals surface area (Å²) in [6, 6.07) is 2.11. The Balaban J connectivity index is 2.05. The van der Waals surface area contributed by atoms with E-state index in [9.17, 15) is 10.2 Å². The van der Waals surface area contributed by atoms with Gasteiger partial charge in [0.05, 0.1) is 23.6 Å². The predicted molar refractivity (Wildman–Crippen MR) is 64.6 cm³/mol. The van der Waals surface area contributed by atoms with Crippen LogP contribution >= 0.6 is 0 Å². The van der Waals surface area contributed by atoms with Gasteiger partial charge in [0.2, 0.25) is 0 Å². The number of β-amino-alcohol motifs (C(OH)–C–C–N with tert-alkyl or cyclic N) is 2. The minimum atomic E-state index is -0.612. The van der Waals surface area contributed by atoms with Crippen LogP contribution in [-0.4, -0.2) is 50.2 Å². The first-order chi connectivity index (χ1) is 8.13. The molecule has 2 heterocycles. The van der Waals surface area contributed by atoms with E-state index in [1.807, 2.05) is 4.68 Å². The Kier molecular flexibility index (Phi) is 3.81. The van der Waals surface area contributed by atoms with Crippen LogP contribution in [0.4, 0.5) is 0 Å². The summed E-state index contributed by atoms with van der Waals surface area (Å²) in [4.78, 5) is 2.07. The van der Waals surface area contributed by atoms with Gasteiger partial charge in [-0.15, -0.1) is 0 Å². The highest BCUT2D eigenvalue weighted by molar-refractivity contribution is 5.11. The molecule has 0 amide bonds. The molecule has 1 aliphatic rings. The van der Waals surface area contributed by atoms with E-state index in [1.165, 1.54) is 0 Å². The lowest BCUT2D eigenvalue weighted by Crippen LogP contribution is -2.23. The zero-order valence-electron chi connectivity index (χ0n) is 10.5. The topological polar surface area (TPSA) is 61.5 Å². The molecule has 0 radical (unpaired) electrons. The van der Waals surface area contributed by atoms with Crippen molar-refractivity contribution in [2.24, 2.45) is 0 Å². The van der Waals surface area contributed by atoms with Crippen LogP contribution in [-0.2, 0) is 19.5 Å². The molecule has 1 fully saturated rings. The van der Waals surface area contributed by atoms with Crippen LogP contribution in [0.5, 0.6) is 0 Å². The summed E-state index contributed by atoms with van der Waals surface area (Å²) >= 11 is 0. The predicted octanol–water partition coefficient (Wildman–Crippen LogP) is 0.00280. The first-order valence-electron chi connectivity index (χ1n) is 6.28. The average Bonchev–Trinajstić information content (AvgIpc) is 2.84. The monoisotopic (exact) mass is 239 g/mol. The van der Waals surface area contributed by atoms with Gasteiger partial charge in [-0.3, -0.25) is 9.58 Å². The minimum Gasteiger partial charge on any atom is -0.389 e. The molecule has 0 aliphatic carbocycles. The van der Waals surface area contributed by atoms with Gasteiger partial charge in [-0.1, -0.05) is 6.92 Å². The number of aromatic nitrogens is 2. The lowest BCUT2D eigenvalue weighted by molar-refractivity contribution is 0.0572. The van der Waals surface area contributed by atoms with Crippen molar-refractivity contribution in [3.8, 4) is 0 Å². The molecule has 1 saturated heterocycles. The molecular formula is C12H21N3O2. The largest absolute Gasteiger partial charge is 0.389 e. The van der Waals surface area contributed by atoms with Crippen LogP contribution < -0.4 is 0 Å². The fraction of sp³-hybridized carbons (Fsp3) is 0.750. The second-order valence-corrected chi connectivity index (χ2v) is 4.63. The Labute approximate surface area is 102 Å². The van der Waals surface area contributed by atoms with Crippen LogP contribution in [0, 0.1) is 0 Å². The van der Waals surface area contributed by atoms with E-state index < -0.39 is 12.2 Å². The molecule has 2 N–H and O–H groups in total. The van der Waals surface area contributed by atoms with Crippen molar-refractivity contribution in [3.63, 3.8) is 0 Å². The summed E-state index contributed by atoms with van der Waals surface area (Å²) in [5, 5.41) is 23.5. The number of nitrogens with zero attached hydrogens (tertiary/aromatic N) is 3. The van der Waals surface area contributed by atoms with Crippen LogP contribution in [0.15, 0.2) is 6.07 Å². The third kappa shape index (κ3) is 2.68. The highest BCUT2D eigenvalue weighted by Crippen LogP contribution is 2.15. The van der Waals surface area contributed by atoms with Gasteiger partial charge in [-0.05, 0) is 19.4 Å². The third-order valence-electron chi connectivity index (χ3n) is 3.30. The van der Waals surface area contributed by atoms with E-state index in [1.54, 1.807) is 0 Å². The maximum Gasteiger partial charge on any atom is 0.0938 e. The molecule has 1 aromatic heterocycles. The Bertz CT molecular complexity index is 368. The molecule has 96 valence electrons. The second kappa shape index (κ2) is 5.16. The summed E-state index contributed by atoms with van der Waals surface area (Å²) < 4.78 is 2.00. The van der Waals surface area contributed by atoms with Crippen LogP contribution in [0.25, 0.3) is 0 Å². The second-order valence-electron chi connectivity index (χ2n) is 4.63. The standard InChI is InChI=1S/C12H21N3O2/c1-3-9-5-10(15(4-2)13-9)6-14-7-11(16)12(17)8-14/h5,11-12,16-17H,3-4,6-8H2,1-2H3/t11-,12+. The van der Waals surface area contributed by atoms with Gasteiger partial charge >= 0.3 is 0 Å². The molecule has 0 spiro atoms. The van der Waals surface area contributed by atoms with E-state index in [4.69, 9.17) is 0 Å². The number of aliphatic hydroxyl groups excluding tert-OH is 2. The quantitative estimate of drug-likeness (QED) is 0.776. The molecule has 1 aliphatic heterocycles. The minimum absolute atomic E-state index is 0.539. The number of likely N-dealkylation sites (tertiary alicyclic amines) is 1. The Hall–Kier alpha value is -0.910. The van der Waals surface area contributed by atoms with Gasteiger partial charge in [-0.2, -0.15) is 5.10 Å². The smallest absolute Gasteiger partial charge is 0.0938 e. The molecule has 2 rings (SSSR count). The number of hydrogen-bond donors (Lipinski definition) is 2. The summed E-state index contributed by atoms with van der Waals surface area (Å²) in [5.74, 6) is 0. The number of hydrogen-bond acceptors (Lipinski definition) is 4. The van der Waals surface area contributed by atoms with Crippen molar-refractivity contribution >= 4 is 0 Å². The van der Waals surface area contributed by atoms with Gasteiger partial charge in [0, 0.05) is 26.2 Å². The van der Waals surface area contributed by atoms with E-state index in [0.717, 1.165) is 30.9 Å². The zero-order chi connectivity index (χ0) is 12.4.